The van der Waals surface area contributed by atoms with Gasteiger partial charge in [0.2, 0.25) is 5.75 Å². The number of aryl methyl sites for hydroxylation is 2. The molecule has 0 aliphatic heterocycles. The van der Waals surface area contributed by atoms with E-state index in [1.165, 1.54) is 18.3 Å². The lowest BCUT2D eigenvalue weighted by Gasteiger charge is -2.14. The standard InChI is InChI=1S/C38H34N4O7/c1-4-46-36-21-27(20-34(42(44)45)37(36)48-23-29-10-7-9-28-8-5-6-11-33(28)29)22-39-40-38(43)35-19-18-32(49-35)24-47-31-16-14-30(15-17-31)41-25(2)12-13-26(41)3/h5-22H,4,23-24H2,1-3H3,(H,40,43)/b39-22+. The molecule has 0 bridgehead atoms. The van der Waals surface area contributed by atoms with Crippen molar-refractivity contribution in [1.29, 1.82) is 0 Å². The molecular weight excluding hydrogens is 624 g/mol. The zero-order valence-electron chi connectivity index (χ0n) is 27.2. The number of nitro groups is 1. The minimum Gasteiger partial charge on any atom is -0.490 e. The number of nitrogens with one attached hydrogen (secondary N) is 1. The monoisotopic (exact) mass is 658 g/mol. The van der Waals surface area contributed by atoms with Crippen LogP contribution in [0, 0.1) is 24.0 Å². The third-order valence-electron chi connectivity index (χ3n) is 7.82. The number of carbonyl (C=O) groups excluding carboxylic acids is 1. The SMILES string of the molecule is CCOc1cc(/C=N/NC(=O)c2ccc(COc3ccc(-n4c(C)ccc4C)cc3)o2)cc([N+](=O)[O-])c1OCc1cccc2ccccc12. The van der Waals surface area contributed by atoms with E-state index in [4.69, 9.17) is 18.6 Å². The lowest BCUT2D eigenvalue weighted by molar-refractivity contribution is -0.386. The second kappa shape index (κ2) is 14.6. The predicted octanol–water partition coefficient (Wildman–Crippen LogP) is 8.07. The first-order chi connectivity index (χ1) is 23.8. The summed E-state index contributed by atoms with van der Waals surface area (Å²) in [7, 11) is 0. The largest absolute Gasteiger partial charge is 0.490 e. The molecule has 2 heterocycles. The highest BCUT2D eigenvalue weighted by atomic mass is 16.6. The van der Waals surface area contributed by atoms with Gasteiger partial charge >= 0.3 is 11.6 Å². The summed E-state index contributed by atoms with van der Waals surface area (Å²) in [6.45, 7) is 6.35. The Morgan fingerprint density at radius 2 is 1.65 bits per heavy atom. The molecule has 6 aromatic rings. The first-order valence-corrected chi connectivity index (χ1v) is 15.7. The molecule has 248 valence electrons. The highest BCUT2D eigenvalue weighted by Crippen LogP contribution is 2.39. The molecule has 0 radical (unpaired) electrons. The van der Waals surface area contributed by atoms with Crippen molar-refractivity contribution in [3.05, 3.63) is 147 Å². The molecule has 0 aliphatic carbocycles. The molecule has 4 aromatic carbocycles. The summed E-state index contributed by atoms with van der Waals surface area (Å²) in [5.41, 5.74) is 6.63. The number of fused-ring (bicyclic) bond motifs is 1. The Hall–Kier alpha value is -6.36. The number of rotatable bonds is 13. The summed E-state index contributed by atoms with van der Waals surface area (Å²) in [5.74, 6) is 0.732. The van der Waals surface area contributed by atoms with Crippen molar-refractivity contribution >= 4 is 28.6 Å². The number of amides is 1. The Bertz CT molecular complexity index is 2120. The number of hydrazone groups is 1. The summed E-state index contributed by atoms with van der Waals surface area (Å²) in [5, 5.41) is 18.1. The quantitative estimate of drug-likeness (QED) is 0.0754. The van der Waals surface area contributed by atoms with E-state index in [-0.39, 0.29) is 42.8 Å². The number of furan rings is 1. The minimum atomic E-state index is -0.598. The van der Waals surface area contributed by atoms with Gasteiger partial charge in [-0.3, -0.25) is 14.9 Å². The van der Waals surface area contributed by atoms with E-state index in [9.17, 15) is 14.9 Å². The van der Waals surface area contributed by atoms with E-state index in [0.717, 1.165) is 33.4 Å². The van der Waals surface area contributed by atoms with Crippen LogP contribution >= 0.6 is 0 Å². The molecule has 1 N–H and O–H groups in total. The van der Waals surface area contributed by atoms with Gasteiger partial charge in [-0.25, -0.2) is 5.43 Å². The van der Waals surface area contributed by atoms with Crippen molar-refractivity contribution in [2.75, 3.05) is 6.61 Å². The van der Waals surface area contributed by atoms with Crippen LogP contribution in [-0.2, 0) is 13.2 Å². The van der Waals surface area contributed by atoms with Crippen LogP contribution in [0.1, 0.15) is 45.8 Å². The van der Waals surface area contributed by atoms with Crippen LogP contribution in [0.2, 0.25) is 0 Å². The third kappa shape index (κ3) is 7.46. The molecule has 0 fully saturated rings. The van der Waals surface area contributed by atoms with Crippen LogP contribution < -0.4 is 19.6 Å². The molecule has 0 unspecified atom stereocenters. The number of nitro benzene ring substituents is 1. The number of hydrogen-bond acceptors (Lipinski definition) is 8. The number of ether oxygens (including phenoxy) is 3. The van der Waals surface area contributed by atoms with E-state index in [2.05, 4.69) is 41.1 Å². The van der Waals surface area contributed by atoms with Gasteiger partial charge in [0.15, 0.2) is 11.5 Å². The maximum Gasteiger partial charge on any atom is 0.315 e. The smallest absolute Gasteiger partial charge is 0.315 e. The molecule has 11 heteroatoms. The number of nitrogens with zero attached hydrogens (tertiary/aromatic N) is 3. The van der Waals surface area contributed by atoms with Crippen LogP contribution in [-0.4, -0.2) is 28.2 Å². The molecule has 0 atom stereocenters. The van der Waals surface area contributed by atoms with E-state index < -0.39 is 10.8 Å². The zero-order valence-corrected chi connectivity index (χ0v) is 27.2. The predicted molar refractivity (Wildman–Crippen MR) is 186 cm³/mol. The average molecular weight is 659 g/mol. The summed E-state index contributed by atoms with van der Waals surface area (Å²) in [4.78, 5) is 24.3. The van der Waals surface area contributed by atoms with Crippen molar-refractivity contribution in [3.63, 3.8) is 0 Å². The van der Waals surface area contributed by atoms with Crippen molar-refractivity contribution in [3.8, 4) is 22.9 Å². The van der Waals surface area contributed by atoms with Crippen molar-refractivity contribution < 1.29 is 28.3 Å². The van der Waals surface area contributed by atoms with E-state index in [1.54, 1.807) is 19.1 Å². The zero-order chi connectivity index (χ0) is 34.3. The molecule has 1 amide bonds. The van der Waals surface area contributed by atoms with Gasteiger partial charge < -0.3 is 23.2 Å². The van der Waals surface area contributed by atoms with Gasteiger partial charge in [0, 0.05) is 28.7 Å². The highest BCUT2D eigenvalue weighted by molar-refractivity contribution is 5.92. The summed E-state index contributed by atoms with van der Waals surface area (Å²) >= 11 is 0. The Kier molecular flexibility index (Phi) is 9.70. The van der Waals surface area contributed by atoms with Crippen LogP contribution in [0.5, 0.6) is 17.2 Å². The van der Waals surface area contributed by atoms with Gasteiger partial charge in [-0.15, -0.1) is 0 Å². The van der Waals surface area contributed by atoms with Crippen molar-refractivity contribution in [2.24, 2.45) is 5.10 Å². The normalized spacial score (nSPS) is 11.2. The Morgan fingerprint density at radius 1 is 0.898 bits per heavy atom. The lowest BCUT2D eigenvalue weighted by atomic mass is 10.1. The fourth-order valence-electron chi connectivity index (χ4n) is 5.51. The number of aromatic nitrogens is 1. The second-order valence-electron chi connectivity index (χ2n) is 11.2. The molecule has 0 saturated carbocycles. The average Bonchev–Trinajstić information content (AvgIpc) is 3.72. The third-order valence-corrected chi connectivity index (χ3v) is 7.82. The van der Waals surface area contributed by atoms with Gasteiger partial charge in [-0.05, 0) is 91.7 Å². The Balaban J connectivity index is 1.09. The Labute approximate surface area is 282 Å². The summed E-state index contributed by atoms with van der Waals surface area (Å²) < 4.78 is 25.4. The topological polar surface area (TPSA) is 130 Å². The van der Waals surface area contributed by atoms with E-state index in [0.29, 0.717) is 17.1 Å². The fraction of sp³-hybridized carbons (Fsp3) is 0.158. The number of carbonyl (C=O) groups is 1. The fourth-order valence-corrected chi connectivity index (χ4v) is 5.51. The van der Waals surface area contributed by atoms with Gasteiger partial charge in [0.05, 0.1) is 17.7 Å². The van der Waals surface area contributed by atoms with Crippen LogP contribution in [0.4, 0.5) is 5.69 Å². The summed E-state index contributed by atoms with van der Waals surface area (Å²) in [6, 6.07) is 31.6. The number of benzene rings is 4. The van der Waals surface area contributed by atoms with Gasteiger partial charge in [-0.2, -0.15) is 5.10 Å². The first-order valence-electron chi connectivity index (χ1n) is 15.7. The van der Waals surface area contributed by atoms with Gasteiger partial charge in [0.1, 0.15) is 24.7 Å². The lowest BCUT2D eigenvalue weighted by Crippen LogP contribution is -2.16. The van der Waals surface area contributed by atoms with Crippen molar-refractivity contribution in [2.45, 2.75) is 34.0 Å². The van der Waals surface area contributed by atoms with Crippen LogP contribution in [0.25, 0.3) is 16.5 Å². The number of hydrogen-bond donors (Lipinski definition) is 1. The second-order valence-corrected chi connectivity index (χ2v) is 11.2. The molecule has 49 heavy (non-hydrogen) atoms. The molecule has 0 spiro atoms. The maximum atomic E-state index is 12.7. The molecule has 2 aromatic heterocycles. The highest BCUT2D eigenvalue weighted by Gasteiger charge is 2.23. The van der Waals surface area contributed by atoms with Crippen molar-refractivity contribution in [1.82, 2.24) is 9.99 Å². The molecule has 0 saturated heterocycles. The minimum absolute atomic E-state index is 0.00772. The summed E-state index contributed by atoms with van der Waals surface area (Å²) in [6.07, 6.45) is 1.29. The molecule has 6 rings (SSSR count). The van der Waals surface area contributed by atoms with Crippen LogP contribution in [0.15, 0.2) is 113 Å². The van der Waals surface area contributed by atoms with E-state index in [1.807, 2.05) is 66.7 Å². The Morgan fingerprint density at radius 3 is 2.41 bits per heavy atom. The van der Waals surface area contributed by atoms with Gasteiger partial charge in [0.25, 0.3) is 0 Å². The molecule has 11 nitrogen and oxygen atoms in total. The molecule has 0 aliphatic rings. The van der Waals surface area contributed by atoms with E-state index >= 15 is 0 Å². The maximum absolute atomic E-state index is 12.7. The van der Waals surface area contributed by atoms with Gasteiger partial charge in [-0.1, -0.05) is 42.5 Å². The first kappa shape index (κ1) is 32.6. The van der Waals surface area contributed by atoms with Crippen LogP contribution in [0.3, 0.4) is 0 Å². The molecular formula is C38H34N4O7.